The zero-order valence-electron chi connectivity index (χ0n) is 14.4. The van der Waals surface area contributed by atoms with Crippen LogP contribution >= 0.6 is 0 Å². The Bertz CT molecular complexity index is 394. The molecule has 1 aliphatic carbocycles. The first-order valence-electron chi connectivity index (χ1n) is 9.46. The number of rotatable bonds is 3. The molecule has 3 aliphatic rings. The molecule has 2 atom stereocenters. The third kappa shape index (κ3) is 3.49. The third-order valence-electron chi connectivity index (χ3n) is 6.65. The molecule has 1 heteroatoms. The maximum absolute atomic E-state index is 2.62. The summed E-state index contributed by atoms with van der Waals surface area (Å²) in [6, 6.07) is 0. The number of fused-ring (bicyclic) bond motifs is 2. The van der Waals surface area contributed by atoms with E-state index in [1.165, 1.54) is 37.7 Å². The van der Waals surface area contributed by atoms with Crippen molar-refractivity contribution >= 4 is 6.71 Å². The van der Waals surface area contributed by atoms with Gasteiger partial charge in [-0.15, -0.1) is 0 Å². The summed E-state index contributed by atoms with van der Waals surface area (Å²) in [5.74, 6) is 4.08. The van der Waals surface area contributed by atoms with Gasteiger partial charge in [-0.1, -0.05) is 86.2 Å². The highest BCUT2D eigenvalue weighted by Gasteiger charge is 2.45. The van der Waals surface area contributed by atoms with Crippen molar-refractivity contribution in [3.8, 4) is 0 Å². The van der Waals surface area contributed by atoms with Crippen molar-refractivity contribution in [1.82, 2.24) is 0 Å². The molecule has 0 aromatic rings. The van der Waals surface area contributed by atoms with E-state index in [2.05, 4.69) is 32.9 Å². The van der Waals surface area contributed by atoms with Crippen LogP contribution in [0.4, 0.5) is 0 Å². The van der Waals surface area contributed by atoms with E-state index in [1.54, 1.807) is 31.3 Å². The first-order valence-corrected chi connectivity index (χ1v) is 9.46. The molecule has 0 aromatic heterocycles. The highest BCUT2D eigenvalue weighted by Crippen LogP contribution is 2.54. The molecule has 2 bridgehead atoms. The molecule has 2 fully saturated rings. The van der Waals surface area contributed by atoms with Gasteiger partial charge in [-0.05, 0) is 39.0 Å². The predicted octanol–water partition coefficient (Wildman–Crippen LogP) is 6.67. The molecule has 2 heterocycles. The van der Waals surface area contributed by atoms with Gasteiger partial charge >= 0.3 is 0 Å². The minimum atomic E-state index is 0.918. The average molecular weight is 284 g/mol. The van der Waals surface area contributed by atoms with E-state index in [4.69, 9.17) is 0 Å². The van der Waals surface area contributed by atoms with E-state index in [-0.39, 0.29) is 0 Å². The maximum Gasteiger partial charge on any atom is 0.150 e. The second kappa shape index (κ2) is 6.76. The van der Waals surface area contributed by atoms with Crippen LogP contribution < -0.4 is 0 Å². The van der Waals surface area contributed by atoms with Gasteiger partial charge in [0.25, 0.3) is 0 Å². The number of hydrogen-bond donors (Lipinski definition) is 0. The lowest BCUT2D eigenvalue weighted by atomic mass is 9.20. The third-order valence-corrected chi connectivity index (χ3v) is 6.65. The molecule has 0 N–H and O–H groups in total. The van der Waals surface area contributed by atoms with E-state index in [0.717, 1.165) is 30.1 Å². The highest BCUT2D eigenvalue weighted by atomic mass is 14.3. The first-order chi connectivity index (χ1) is 10.1. The summed E-state index contributed by atoms with van der Waals surface area (Å²) in [5, 5.41) is 0. The van der Waals surface area contributed by atoms with Crippen LogP contribution in [0.25, 0.3) is 0 Å². The molecule has 0 saturated carbocycles. The Morgan fingerprint density at radius 2 is 1.76 bits per heavy atom. The number of hydrogen-bond acceptors (Lipinski definition) is 0. The molecule has 0 nitrogen and oxygen atoms in total. The minimum Gasteiger partial charge on any atom is -0.0854 e. The Kier molecular flexibility index (Phi) is 4.97. The molecule has 0 radical (unpaired) electrons. The van der Waals surface area contributed by atoms with Gasteiger partial charge in [0.1, 0.15) is 6.71 Å². The lowest BCUT2D eigenvalue weighted by Crippen LogP contribution is -2.41. The summed E-state index contributed by atoms with van der Waals surface area (Å²) >= 11 is 0. The highest BCUT2D eigenvalue weighted by molar-refractivity contribution is 6.64. The fourth-order valence-electron chi connectivity index (χ4n) is 5.65. The fraction of sp³-hybridized carbons (Fsp3) is 0.800. The lowest BCUT2D eigenvalue weighted by Gasteiger charge is -2.47. The molecule has 0 amide bonds. The van der Waals surface area contributed by atoms with Crippen LogP contribution in [-0.2, 0) is 0 Å². The van der Waals surface area contributed by atoms with Crippen molar-refractivity contribution in [3.63, 3.8) is 0 Å². The van der Waals surface area contributed by atoms with Crippen LogP contribution in [-0.4, -0.2) is 6.71 Å². The smallest absolute Gasteiger partial charge is 0.0854 e. The van der Waals surface area contributed by atoms with Gasteiger partial charge in [-0.3, -0.25) is 0 Å². The summed E-state index contributed by atoms with van der Waals surface area (Å²) < 4.78 is 0. The Hall–Kier alpha value is -0.455. The monoisotopic (exact) mass is 284 g/mol. The van der Waals surface area contributed by atoms with Crippen LogP contribution in [0.5, 0.6) is 0 Å². The molecule has 0 spiro atoms. The van der Waals surface area contributed by atoms with Gasteiger partial charge in [0.2, 0.25) is 0 Å². The molecular formula is C20H33B. The fourth-order valence-corrected chi connectivity index (χ4v) is 5.65. The van der Waals surface area contributed by atoms with E-state index in [0.29, 0.717) is 0 Å². The summed E-state index contributed by atoms with van der Waals surface area (Å²) in [6.07, 6.45) is 18.2. The Labute approximate surface area is 132 Å². The van der Waals surface area contributed by atoms with Gasteiger partial charge in [-0.25, -0.2) is 0 Å². The van der Waals surface area contributed by atoms with Crippen LogP contribution in [0, 0.1) is 5.92 Å². The maximum atomic E-state index is 2.62. The van der Waals surface area contributed by atoms with Crippen molar-refractivity contribution < 1.29 is 0 Å². The van der Waals surface area contributed by atoms with Crippen molar-refractivity contribution in [2.75, 3.05) is 0 Å². The largest absolute Gasteiger partial charge is 0.150 e. The molecule has 21 heavy (non-hydrogen) atoms. The van der Waals surface area contributed by atoms with E-state index < -0.39 is 0 Å². The quantitative estimate of drug-likeness (QED) is 0.401. The molecule has 3 rings (SSSR count). The second-order valence-corrected chi connectivity index (χ2v) is 8.39. The van der Waals surface area contributed by atoms with Crippen molar-refractivity contribution in [2.24, 2.45) is 5.92 Å². The minimum absolute atomic E-state index is 0.918. The van der Waals surface area contributed by atoms with Crippen molar-refractivity contribution in [2.45, 2.75) is 96.0 Å². The predicted molar refractivity (Wildman–Crippen MR) is 95.2 cm³/mol. The molecule has 0 aromatic carbocycles. The Morgan fingerprint density at radius 1 is 1.14 bits per heavy atom. The van der Waals surface area contributed by atoms with E-state index in [9.17, 15) is 0 Å². The molecule has 2 saturated heterocycles. The summed E-state index contributed by atoms with van der Waals surface area (Å²) in [6.45, 7) is 8.06. The van der Waals surface area contributed by atoms with E-state index >= 15 is 0 Å². The standard InChI is InChI=1S/C20H33B/c1-15(2)10-11-17-12-13-20(16(3)14-17)21-18-6-4-7-19(21)9-5-8-18/h10,12,16,18-20H,4-9,11,13-14H2,1-3H3/t16-,18?,19?,20+/m0/s1. The van der Waals surface area contributed by atoms with Crippen LogP contribution in [0.3, 0.4) is 0 Å². The zero-order valence-corrected chi connectivity index (χ0v) is 14.4. The van der Waals surface area contributed by atoms with Crippen LogP contribution in [0.15, 0.2) is 23.3 Å². The van der Waals surface area contributed by atoms with Crippen LogP contribution in [0.2, 0.25) is 17.5 Å². The summed E-state index contributed by atoms with van der Waals surface area (Å²) in [4.78, 5) is 0. The topological polar surface area (TPSA) is 0 Å². The lowest BCUT2D eigenvalue weighted by molar-refractivity contribution is 0.406. The van der Waals surface area contributed by atoms with Gasteiger partial charge in [0.15, 0.2) is 0 Å². The first kappa shape index (κ1) is 15.4. The summed E-state index contributed by atoms with van der Waals surface area (Å²) in [5.41, 5.74) is 3.17. The van der Waals surface area contributed by atoms with Gasteiger partial charge < -0.3 is 0 Å². The van der Waals surface area contributed by atoms with Crippen LogP contribution in [0.1, 0.15) is 78.6 Å². The molecule has 0 unspecified atom stereocenters. The van der Waals surface area contributed by atoms with Gasteiger partial charge in [0, 0.05) is 0 Å². The molecular weight excluding hydrogens is 251 g/mol. The molecule has 2 aliphatic heterocycles. The SMILES string of the molecule is CC(C)=CCC1=CC[C@@H](B2C3CCCC2CCC3)[C@@H](C)C1. The number of allylic oxidation sites excluding steroid dienone is 4. The summed E-state index contributed by atoms with van der Waals surface area (Å²) in [7, 11) is 0. The second-order valence-electron chi connectivity index (χ2n) is 8.39. The zero-order chi connectivity index (χ0) is 14.8. The van der Waals surface area contributed by atoms with Gasteiger partial charge in [-0.2, -0.15) is 0 Å². The Balaban J connectivity index is 1.68. The van der Waals surface area contributed by atoms with Crippen molar-refractivity contribution in [1.29, 1.82) is 0 Å². The van der Waals surface area contributed by atoms with Gasteiger partial charge in [0.05, 0.1) is 0 Å². The average Bonchev–Trinajstić information content (AvgIpc) is 2.44. The van der Waals surface area contributed by atoms with E-state index in [1.807, 2.05) is 0 Å². The molecule has 116 valence electrons. The Morgan fingerprint density at radius 3 is 2.29 bits per heavy atom. The normalized spacial score (nSPS) is 36.1. The van der Waals surface area contributed by atoms with Crippen molar-refractivity contribution in [3.05, 3.63) is 23.3 Å².